The number of anilines is 1. The van der Waals surface area contributed by atoms with E-state index in [9.17, 15) is 9.90 Å². The monoisotopic (exact) mass is 539 g/mol. The Hall–Kier alpha value is -5.23. The molecule has 0 aliphatic heterocycles. The van der Waals surface area contributed by atoms with E-state index in [2.05, 4.69) is 45.6 Å². The molecule has 0 fully saturated rings. The second-order valence-electron chi connectivity index (χ2n) is 9.95. The Bertz CT molecular complexity index is 1840. The summed E-state index contributed by atoms with van der Waals surface area (Å²) in [6.45, 7) is 2.04. The van der Waals surface area contributed by atoms with Gasteiger partial charge in [-0.3, -0.25) is 15.1 Å². The summed E-state index contributed by atoms with van der Waals surface area (Å²) in [7, 11) is 0. The molecule has 0 radical (unpaired) electrons. The number of unbranched alkanes of at least 4 members (excludes halogenated alkanes) is 1. The largest absolute Gasteiger partial charge is 0.507 e. The number of nitrogens with one attached hydrogen (secondary N) is 1. The maximum absolute atomic E-state index is 12.1. The Kier molecular flexibility index (Phi) is 7.28. The number of amides is 1. The summed E-state index contributed by atoms with van der Waals surface area (Å²) in [6.07, 6.45) is 5.45. The molecule has 0 saturated heterocycles. The number of carbonyl (C=O) groups excluding carboxylic acids is 1. The van der Waals surface area contributed by atoms with Crippen molar-refractivity contribution >= 4 is 22.6 Å². The molecular weight excluding hydrogens is 510 g/mol. The molecule has 41 heavy (non-hydrogen) atoms. The van der Waals surface area contributed by atoms with Gasteiger partial charge >= 0.3 is 0 Å². The number of benzene rings is 4. The average molecular weight is 540 g/mol. The lowest BCUT2D eigenvalue weighted by atomic mass is 9.96. The van der Waals surface area contributed by atoms with Crippen LogP contribution in [0.3, 0.4) is 0 Å². The predicted octanol–water partition coefficient (Wildman–Crippen LogP) is 8.73. The van der Waals surface area contributed by atoms with E-state index in [0.29, 0.717) is 23.9 Å². The second-order valence-corrected chi connectivity index (χ2v) is 9.95. The SMILES string of the molecule is CCCCC(=O)Nc1cnc(-c2cccnc2-c2ccc(-c3ccc(-c4ccc5ccccc5c4)cc3O)cc2)o1. The van der Waals surface area contributed by atoms with E-state index in [4.69, 9.17) is 4.42 Å². The van der Waals surface area contributed by atoms with Crippen molar-refractivity contribution in [3.8, 4) is 50.7 Å². The summed E-state index contributed by atoms with van der Waals surface area (Å²) >= 11 is 0. The standard InChI is InChI=1S/C35H29N3O3/c1-2-3-10-32(40)38-33-22-37-35(41-33)30-9-6-19-36-34(30)25-14-12-24(13-15-25)29-18-17-28(21-31(29)39)27-16-11-23-7-4-5-8-26(23)20-27/h4-9,11-22,39H,2-3,10H2,1H3,(H,38,40). The molecule has 6 aromatic rings. The molecular formula is C35H29N3O3. The molecule has 6 rings (SSSR count). The molecule has 0 saturated carbocycles. The van der Waals surface area contributed by atoms with Gasteiger partial charge in [0.15, 0.2) is 0 Å². The highest BCUT2D eigenvalue weighted by molar-refractivity contribution is 5.90. The van der Waals surface area contributed by atoms with E-state index in [1.54, 1.807) is 6.20 Å². The number of pyridine rings is 1. The van der Waals surface area contributed by atoms with Gasteiger partial charge in [0.25, 0.3) is 0 Å². The van der Waals surface area contributed by atoms with Gasteiger partial charge in [0.2, 0.25) is 17.7 Å². The summed E-state index contributed by atoms with van der Waals surface area (Å²) in [5, 5.41) is 16.1. The van der Waals surface area contributed by atoms with Crippen LogP contribution in [0.4, 0.5) is 5.88 Å². The van der Waals surface area contributed by atoms with Crippen molar-refractivity contribution in [3.05, 3.63) is 109 Å². The molecule has 0 atom stereocenters. The van der Waals surface area contributed by atoms with Crippen molar-refractivity contribution in [2.45, 2.75) is 26.2 Å². The zero-order valence-corrected chi connectivity index (χ0v) is 22.7. The molecule has 0 bridgehead atoms. The van der Waals surface area contributed by atoms with Crippen LogP contribution in [0.5, 0.6) is 5.75 Å². The Labute approximate surface area is 238 Å². The van der Waals surface area contributed by atoms with E-state index in [-0.39, 0.29) is 11.7 Å². The van der Waals surface area contributed by atoms with Crippen molar-refractivity contribution < 1.29 is 14.3 Å². The number of aromatic hydroxyl groups is 1. The maximum Gasteiger partial charge on any atom is 0.230 e. The minimum atomic E-state index is -0.0925. The zero-order valence-electron chi connectivity index (χ0n) is 22.7. The third-order valence-electron chi connectivity index (χ3n) is 7.11. The average Bonchev–Trinajstić information content (AvgIpc) is 3.48. The number of carbonyl (C=O) groups is 1. The van der Waals surface area contributed by atoms with Crippen LogP contribution in [0.25, 0.3) is 55.7 Å². The van der Waals surface area contributed by atoms with Crippen molar-refractivity contribution in [2.75, 3.05) is 5.32 Å². The van der Waals surface area contributed by atoms with Gasteiger partial charge in [0.1, 0.15) is 5.75 Å². The van der Waals surface area contributed by atoms with Crippen LogP contribution in [-0.2, 0) is 4.79 Å². The number of hydrogen-bond acceptors (Lipinski definition) is 5. The third kappa shape index (κ3) is 5.58. The number of hydrogen-bond donors (Lipinski definition) is 2. The van der Waals surface area contributed by atoms with Crippen LogP contribution in [0.1, 0.15) is 26.2 Å². The number of aromatic nitrogens is 2. The normalized spacial score (nSPS) is 11.0. The number of rotatable bonds is 8. The lowest BCUT2D eigenvalue weighted by Gasteiger charge is -2.10. The van der Waals surface area contributed by atoms with Crippen molar-refractivity contribution in [1.82, 2.24) is 9.97 Å². The first-order valence-corrected chi connectivity index (χ1v) is 13.7. The molecule has 6 nitrogen and oxygen atoms in total. The molecule has 0 aliphatic rings. The van der Waals surface area contributed by atoms with E-state index < -0.39 is 0 Å². The Morgan fingerprint density at radius 1 is 0.780 bits per heavy atom. The first-order chi connectivity index (χ1) is 20.1. The maximum atomic E-state index is 12.1. The number of fused-ring (bicyclic) bond motifs is 1. The fourth-order valence-electron chi connectivity index (χ4n) is 4.93. The van der Waals surface area contributed by atoms with Gasteiger partial charge in [-0.2, -0.15) is 0 Å². The molecule has 2 heterocycles. The Morgan fingerprint density at radius 3 is 2.32 bits per heavy atom. The predicted molar refractivity (Wildman–Crippen MR) is 163 cm³/mol. The summed E-state index contributed by atoms with van der Waals surface area (Å²) < 4.78 is 5.85. The second kappa shape index (κ2) is 11.5. The van der Waals surface area contributed by atoms with Gasteiger partial charge in [0.05, 0.1) is 17.5 Å². The molecule has 6 heteroatoms. The van der Waals surface area contributed by atoms with Crippen molar-refractivity contribution in [1.29, 1.82) is 0 Å². The lowest BCUT2D eigenvalue weighted by molar-refractivity contribution is -0.116. The van der Waals surface area contributed by atoms with Gasteiger partial charge in [-0.05, 0) is 58.1 Å². The van der Waals surface area contributed by atoms with Gasteiger partial charge < -0.3 is 9.52 Å². The Morgan fingerprint density at radius 2 is 1.51 bits per heavy atom. The summed E-state index contributed by atoms with van der Waals surface area (Å²) in [6, 6.07) is 31.9. The summed E-state index contributed by atoms with van der Waals surface area (Å²) in [5.41, 5.74) is 5.96. The molecule has 4 aromatic carbocycles. The number of oxazole rings is 1. The highest BCUT2D eigenvalue weighted by atomic mass is 16.4. The van der Waals surface area contributed by atoms with Crippen molar-refractivity contribution in [3.63, 3.8) is 0 Å². The van der Waals surface area contributed by atoms with Gasteiger partial charge in [0, 0.05) is 23.7 Å². The molecule has 202 valence electrons. The molecule has 2 aromatic heterocycles. The molecule has 0 unspecified atom stereocenters. The third-order valence-corrected chi connectivity index (χ3v) is 7.11. The number of phenolic OH excluding ortho intramolecular Hbond substituents is 1. The summed E-state index contributed by atoms with van der Waals surface area (Å²) in [5.74, 6) is 0.819. The highest BCUT2D eigenvalue weighted by Gasteiger charge is 2.16. The minimum absolute atomic E-state index is 0.0925. The fraction of sp³-hybridized carbons (Fsp3) is 0.114. The highest BCUT2D eigenvalue weighted by Crippen LogP contribution is 2.36. The molecule has 2 N–H and O–H groups in total. The van der Waals surface area contributed by atoms with Crippen molar-refractivity contribution in [2.24, 2.45) is 0 Å². The van der Waals surface area contributed by atoms with E-state index in [1.807, 2.05) is 73.7 Å². The lowest BCUT2D eigenvalue weighted by Crippen LogP contribution is -2.10. The van der Waals surface area contributed by atoms with Gasteiger partial charge in [-0.1, -0.05) is 86.1 Å². The van der Waals surface area contributed by atoms with Crippen LogP contribution in [0, 0.1) is 0 Å². The first kappa shape index (κ1) is 26.0. The quantitative estimate of drug-likeness (QED) is 0.202. The topological polar surface area (TPSA) is 88.2 Å². The van der Waals surface area contributed by atoms with Gasteiger partial charge in [-0.15, -0.1) is 0 Å². The summed E-state index contributed by atoms with van der Waals surface area (Å²) in [4.78, 5) is 21.1. The van der Waals surface area contributed by atoms with Crippen LogP contribution in [-0.4, -0.2) is 21.0 Å². The van der Waals surface area contributed by atoms with Crippen LogP contribution >= 0.6 is 0 Å². The van der Waals surface area contributed by atoms with E-state index >= 15 is 0 Å². The molecule has 1 amide bonds. The zero-order chi connectivity index (χ0) is 28.2. The van der Waals surface area contributed by atoms with E-state index in [0.717, 1.165) is 51.6 Å². The van der Waals surface area contributed by atoms with Crippen LogP contribution < -0.4 is 5.32 Å². The van der Waals surface area contributed by atoms with Crippen LogP contribution in [0.15, 0.2) is 114 Å². The number of phenols is 1. The Balaban J connectivity index is 1.24. The molecule has 0 aliphatic carbocycles. The van der Waals surface area contributed by atoms with Gasteiger partial charge in [-0.25, -0.2) is 4.98 Å². The minimum Gasteiger partial charge on any atom is -0.507 e. The first-order valence-electron chi connectivity index (χ1n) is 13.7. The smallest absolute Gasteiger partial charge is 0.230 e. The molecule has 0 spiro atoms. The fourth-order valence-corrected chi connectivity index (χ4v) is 4.93. The van der Waals surface area contributed by atoms with Crippen LogP contribution in [0.2, 0.25) is 0 Å². The number of nitrogens with zero attached hydrogens (tertiary/aromatic N) is 2. The van der Waals surface area contributed by atoms with E-state index in [1.165, 1.54) is 11.6 Å².